The minimum atomic E-state index is -0.962. The Kier molecular flexibility index (Phi) is 6.62. The topological polar surface area (TPSA) is 58.6 Å². The number of aliphatic hydroxyl groups is 1. The molecular weight excluding hydrogens is 338 g/mol. The molecule has 0 radical (unpaired) electrons. The van der Waals surface area contributed by atoms with Gasteiger partial charge in [0.25, 0.3) is 5.91 Å². The predicted molar refractivity (Wildman–Crippen MR) is 110 cm³/mol. The van der Waals surface area contributed by atoms with Crippen molar-refractivity contribution in [1.82, 2.24) is 5.32 Å². The van der Waals surface area contributed by atoms with Gasteiger partial charge in [-0.25, -0.2) is 0 Å². The van der Waals surface area contributed by atoms with Gasteiger partial charge in [-0.1, -0.05) is 33.3 Å². The maximum Gasteiger partial charge on any atom is 0.263 e. The van der Waals surface area contributed by atoms with Crippen LogP contribution in [0.5, 0.6) is 5.75 Å². The van der Waals surface area contributed by atoms with Crippen molar-refractivity contribution in [2.45, 2.75) is 91.4 Å². The summed E-state index contributed by atoms with van der Waals surface area (Å²) in [6.45, 7) is 14.0. The highest BCUT2D eigenvalue weighted by Gasteiger charge is 2.44. The zero-order valence-corrected chi connectivity index (χ0v) is 18.1. The summed E-state index contributed by atoms with van der Waals surface area (Å²) < 4.78 is 6.07. The molecule has 0 bridgehead atoms. The van der Waals surface area contributed by atoms with E-state index in [1.165, 1.54) is 0 Å². The molecule has 0 unspecified atom stereocenters. The van der Waals surface area contributed by atoms with E-state index in [1.54, 1.807) is 0 Å². The van der Waals surface area contributed by atoms with Crippen molar-refractivity contribution in [2.75, 3.05) is 0 Å². The number of aryl methyl sites for hydroxylation is 2. The molecule has 1 amide bonds. The summed E-state index contributed by atoms with van der Waals surface area (Å²) in [5, 5.41) is 14.0. The van der Waals surface area contributed by atoms with E-state index < -0.39 is 11.2 Å². The molecule has 0 spiro atoms. The summed E-state index contributed by atoms with van der Waals surface area (Å²) in [6.07, 6.45) is 3.17. The molecule has 2 rings (SSSR count). The van der Waals surface area contributed by atoms with Crippen LogP contribution in [0.4, 0.5) is 0 Å². The summed E-state index contributed by atoms with van der Waals surface area (Å²) in [4.78, 5) is 13.0. The molecule has 1 aliphatic carbocycles. The number of carbonyl (C=O) groups is 1. The van der Waals surface area contributed by atoms with Crippen molar-refractivity contribution in [2.24, 2.45) is 11.8 Å². The van der Waals surface area contributed by atoms with Crippen LogP contribution in [0.1, 0.15) is 71.4 Å². The van der Waals surface area contributed by atoms with Gasteiger partial charge >= 0.3 is 0 Å². The fourth-order valence-corrected chi connectivity index (χ4v) is 4.49. The fourth-order valence-electron chi connectivity index (χ4n) is 4.49. The van der Waals surface area contributed by atoms with E-state index in [9.17, 15) is 9.90 Å². The van der Waals surface area contributed by atoms with Gasteiger partial charge in [0.1, 0.15) is 5.75 Å². The summed E-state index contributed by atoms with van der Waals surface area (Å²) in [5.74, 6) is 1.13. The normalized spacial score (nSPS) is 28.7. The highest BCUT2D eigenvalue weighted by Crippen LogP contribution is 2.40. The van der Waals surface area contributed by atoms with Crippen LogP contribution in [0.2, 0.25) is 0 Å². The molecule has 1 aromatic carbocycles. The zero-order chi connectivity index (χ0) is 20.4. The van der Waals surface area contributed by atoms with E-state index in [1.807, 2.05) is 46.8 Å². The molecular formula is C23H37NO3. The quantitative estimate of drug-likeness (QED) is 0.767. The van der Waals surface area contributed by atoms with Crippen LogP contribution in [-0.2, 0) is 4.79 Å². The average Bonchev–Trinajstić information content (AvgIpc) is 2.55. The molecule has 1 aliphatic rings. The second-order valence-corrected chi connectivity index (χ2v) is 9.07. The number of ether oxygens (including phenoxy) is 1. The van der Waals surface area contributed by atoms with Crippen LogP contribution in [0.25, 0.3) is 0 Å². The third-order valence-corrected chi connectivity index (χ3v) is 6.06. The fraction of sp³-hybridized carbons (Fsp3) is 0.696. The highest BCUT2D eigenvalue weighted by molar-refractivity contribution is 5.85. The number of amides is 1. The van der Waals surface area contributed by atoms with Gasteiger partial charge in [0, 0.05) is 6.04 Å². The Labute approximate surface area is 164 Å². The average molecular weight is 376 g/mol. The van der Waals surface area contributed by atoms with Gasteiger partial charge in [-0.05, 0) is 82.1 Å². The molecule has 0 saturated heterocycles. The van der Waals surface area contributed by atoms with Crippen molar-refractivity contribution in [3.8, 4) is 5.75 Å². The Hall–Kier alpha value is -1.55. The number of carbonyl (C=O) groups excluding carboxylic acids is 1. The van der Waals surface area contributed by atoms with E-state index in [0.29, 0.717) is 0 Å². The second-order valence-electron chi connectivity index (χ2n) is 9.07. The van der Waals surface area contributed by atoms with E-state index in [0.717, 1.165) is 42.6 Å². The largest absolute Gasteiger partial charge is 0.478 e. The van der Waals surface area contributed by atoms with Crippen LogP contribution < -0.4 is 10.1 Å². The molecule has 4 heteroatoms. The maximum atomic E-state index is 13.0. The summed E-state index contributed by atoms with van der Waals surface area (Å²) in [7, 11) is 0. The Bertz CT molecular complexity index is 649. The van der Waals surface area contributed by atoms with Crippen LogP contribution >= 0.6 is 0 Å². The molecule has 1 fully saturated rings. The van der Waals surface area contributed by atoms with Gasteiger partial charge in [-0.15, -0.1) is 0 Å². The van der Waals surface area contributed by atoms with Crippen LogP contribution in [-0.4, -0.2) is 28.3 Å². The highest BCUT2D eigenvalue weighted by atomic mass is 16.5. The van der Waals surface area contributed by atoms with Gasteiger partial charge in [0.05, 0.1) is 5.60 Å². The van der Waals surface area contributed by atoms with Crippen molar-refractivity contribution >= 4 is 5.91 Å². The first-order chi connectivity index (χ1) is 12.5. The lowest BCUT2D eigenvalue weighted by Crippen LogP contribution is -2.57. The van der Waals surface area contributed by atoms with Crippen molar-refractivity contribution in [3.05, 3.63) is 29.3 Å². The summed E-state index contributed by atoms with van der Waals surface area (Å²) in [6, 6.07) is 6.07. The number of nitrogens with one attached hydrogen (secondary N) is 1. The lowest BCUT2D eigenvalue weighted by atomic mass is 9.68. The van der Waals surface area contributed by atoms with Crippen molar-refractivity contribution in [3.63, 3.8) is 0 Å². The molecule has 1 aromatic rings. The number of rotatable bonds is 6. The molecule has 4 nitrogen and oxygen atoms in total. The van der Waals surface area contributed by atoms with Gasteiger partial charge in [-0.3, -0.25) is 4.79 Å². The van der Waals surface area contributed by atoms with Crippen LogP contribution in [0, 0.1) is 25.7 Å². The third-order valence-electron chi connectivity index (χ3n) is 6.06. The van der Waals surface area contributed by atoms with Gasteiger partial charge in [0.15, 0.2) is 5.60 Å². The smallest absolute Gasteiger partial charge is 0.263 e. The predicted octanol–water partition coefficient (Wildman–Crippen LogP) is 4.54. The molecule has 27 heavy (non-hydrogen) atoms. The van der Waals surface area contributed by atoms with Crippen LogP contribution in [0.15, 0.2) is 18.2 Å². The van der Waals surface area contributed by atoms with Gasteiger partial charge in [-0.2, -0.15) is 0 Å². The lowest BCUT2D eigenvalue weighted by molar-refractivity contribution is -0.137. The lowest BCUT2D eigenvalue weighted by Gasteiger charge is -2.46. The first-order valence-electron chi connectivity index (χ1n) is 10.3. The Balaban J connectivity index is 2.11. The van der Waals surface area contributed by atoms with Crippen LogP contribution in [0.3, 0.4) is 0 Å². The van der Waals surface area contributed by atoms with E-state index in [-0.39, 0.29) is 23.8 Å². The first-order valence-corrected chi connectivity index (χ1v) is 10.3. The Morgan fingerprint density at radius 2 is 1.81 bits per heavy atom. The SMILES string of the molecule is CC[C@H]1C[C@](O)(CC)C[C@@H](C)[C@@H]1NC(=O)C(C)(C)Oc1cc(C)cc(C)c1. The minimum Gasteiger partial charge on any atom is -0.478 e. The standard InChI is InChI=1S/C23H37NO3/c1-8-18-14-23(26,9-2)13-17(5)20(18)24-21(25)22(6,7)27-19-11-15(3)10-16(4)12-19/h10-12,17-18,20,26H,8-9,13-14H2,1-7H3,(H,24,25)/t17-,18+,20+,23+/m1/s1. The third kappa shape index (κ3) is 5.25. The molecule has 4 atom stereocenters. The molecule has 1 saturated carbocycles. The molecule has 0 aromatic heterocycles. The van der Waals surface area contributed by atoms with Gasteiger partial charge in [0.2, 0.25) is 0 Å². The Morgan fingerprint density at radius 1 is 1.22 bits per heavy atom. The zero-order valence-electron chi connectivity index (χ0n) is 18.1. The van der Waals surface area contributed by atoms with Crippen molar-refractivity contribution in [1.29, 1.82) is 0 Å². The summed E-state index contributed by atoms with van der Waals surface area (Å²) in [5.41, 5.74) is 0.669. The summed E-state index contributed by atoms with van der Waals surface area (Å²) >= 11 is 0. The monoisotopic (exact) mass is 375 g/mol. The number of benzene rings is 1. The second kappa shape index (κ2) is 8.22. The molecule has 152 valence electrons. The molecule has 0 aliphatic heterocycles. The maximum absolute atomic E-state index is 13.0. The minimum absolute atomic E-state index is 0.0662. The number of hydrogen-bond donors (Lipinski definition) is 2. The van der Waals surface area contributed by atoms with E-state index >= 15 is 0 Å². The van der Waals surface area contributed by atoms with E-state index in [2.05, 4.69) is 25.2 Å². The number of hydrogen-bond acceptors (Lipinski definition) is 3. The van der Waals surface area contributed by atoms with Crippen molar-refractivity contribution < 1.29 is 14.6 Å². The van der Waals surface area contributed by atoms with E-state index in [4.69, 9.17) is 4.74 Å². The molecule has 2 N–H and O–H groups in total. The Morgan fingerprint density at radius 3 is 2.33 bits per heavy atom. The molecule has 0 heterocycles. The van der Waals surface area contributed by atoms with Gasteiger partial charge < -0.3 is 15.2 Å². The first kappa shape index (κ1) is 21.7.